The molecule has 1 N–H and O–H groups in total. The van der Waals surface area contributed by atoms with Gasteiger partial charge in [-0.3, -0.25) is 9.78 Å². The molecule has 3 aromatic heterocycles. The molecule has 0 bridgehead atoms. The van der Waals surface area contributed by atoms with Crippen LogP contribution in [0.3, 0.4) is 0 Å². The molecule has 5 aromatic rings. The first-order chi connectivity index (χ1) is 13.8. The molecule has 0 atom stereocenters. The first kappa shape index (κ1) is 16.1. The van der Waals surface area contributed by atoms with Crippen LogP contribution in [0.15, 0.2) is 82.4 Å². The number of para-hydroxylation sites is 1. The summed E-state index contributed by atoms with van der Waals surface area (Å²) in [6.07, 6.45) is 3.14. The van der Waals surface area contributed by atoms with Crippen molar-refractivity contribution in [3.05, 3.63) is 83.4 Å². The van der Waals surface area contributed by atoms with Crippen LogP contribution in [0.4, 0.5) is 0 Å². The van der Waals surface area contributed by atoms with Gasteiger partial charge in [-0.05, 0) is 12.1 Å². The average Bonchev–Trinajstić information content (AvgIpc) is 3.23. The molecule has 0 radical (unpaired) electrons. The fraction of sp³-hybridized carbons (Fsp3) is 0. The van der Waals surface area contributed by atoms with Gasteiger partial charge in [-0.15, -0.1) is 0 Å². The van der Waals surface area contributed by atoms with Gasteiger partial charge in [0, 0.05) is 28.9 Å². The van der Waals surface area contributed by atoms with Crippen molar-refractivity contribution in [2.75, 3.05) is 0 Å². The molecule has 0 saturated heterocycles. The number of nitrogens with zero attached hydrogens (tertiary/aromatic N) is 4. The maximum Gasteiger partial charge on any atom is 0.265 e. The minimum atomic E-state index is -0.344. The quantitative estimate of drug-likeness (QED) is 0.522. The van der Waals surface area contributed by atoms with Gasteiger partial charge in [-0.25, -0.2) is 4.98 Å². The summed E-state index contributed by atoms with van der Waals surface area (Å²) in [5.74, 6) is 0.985. The van der Waals surface area contributed by atoms with Crippen molar-refractivity contribution in [3.8, 4) is 34.2 Å². The van der Waals surface area contributed by atoms with Gasteiger partial charge in [0.15, 0.2) is 0 Å². The van der Waals surface area contributed by atoms with E-state index in [1.807, 2.05) is 60.7 Å². The lowest BCUT2D eigenvalue weighted by atomic mass is 10.1. The smallest absolute Gasteiger partial charge is 0.265 e. The molecule has 0 aliphatic heterocycles. The van der Waals surface area contributed by atoms with Crippen LogP contribution in [0.1, 0.15) is 0 Å². The second-order valence-electron chi connectivity index (χ2n) is 6.14. The molecule has 2 aromatic carbocycles. The average molecular weight is 367 g/mol. The third-order valence-electron chi connectivity index (χ3n) is 4.39. The second-order valence-corrected chi connectivity index (χ2v) is 6.14. The van der Waals surface area contributed by atoms with Crippen molar-refractivity contribution in [3.63, 3.8) is 0 Å². The van der Waals surface area contributed by atoms with Gasteiger partial charge in [0.05, 0.1) is 5.52 Å². The Balaban J connectivity index is 1.56. The van der Waals surface area contributed by atoms with Crippen molar-refractivity contribution in [2.45, 2.75) is 0 Å². The highest BCUT2D eigenvalue weighted by Gasteiger charge is 2.16. The third kappa shape index (κ3) is 2.75. The first-order valence-electron chi connectivity index (χ1n) is 8.62. The Bertz CT molecular complexity index is 1340. The number of H-pyrrole nitrogens is 1. The Kier molecular flexibility index (Phi) is 3.76. The predicted molar refractivity (Wildman–Crippen MR) is 104 cm³/mol. The van der Waals surface area contributed by atoms with Crippen LogP contribution in [0.5, 0.6) is 0 Å². The van der Waals surface area contributed by atoms with Gasteiger partial charge in [-0.2, -0.15) is 4.98 Å². The van der Waals surface area contributed by atoms with Crippen molar-refractivity contribution in [1.82, 2.24) is 25.1 Å². The van der Waals surface area contributed by atoms with Crippen molar-refractivity contribution >= 4 is 10.9 Å². The van der Waals surface area contributed by atoms with E-state index in [1.165, 1.54) is 6.20 Å². The summed E-state index contributed by atoms with van der Waals surface area (Å²) in [6, 6.07) is 18.9. The lowest BCUT2D eigenvalue weighted by molar-refractivity contribution is 0.431. The molecule has 0 aliphatic carbocycles. The molecule has 0 unspecified atom stereocenters. The molecule has 0 aliphatic rings. The summed E-state index contributed by atoms with van der Waals surface area (Å²) >= 11 is 0. The number of nitrogens with one attached hydrogen (secondary N) is 1. The number of rotatable bonds is 3. The molecule has 7 nitrogen and oxygen atoms in total. The van der Waals surface area contributed by atoms with E-state index in [1.54, 1.807) is 6.20 Å². The van der Waals surface area contributed by atoms with Crippen molar-refractivity contribution in [2.24, 2.45) is 0 Å². The number of aromatic nitrogens is 5. The van der Waals surface area contributed by atoms with Gasteiger partial charge < -0.3 is 9.51 Å². The number of hydrogen-bond donors (Lipinski definition) is 1. The van der Waals surface area contributed by atoms with Crippen molar-refractivity contribution < 1.29 is 4.52 Å². The molecule has 134 valence electrons. The van der Waals surface area contributed by atoms with Crippen LogP contribution in [0.2, 0.25) is 0 Å². The van der Waals surface area contributed by atoms with E-state index in [0.29, 0.717) is 11.6 Å². The third-order valence-corrected chi connectivity index (χ3v) is 4.39. The van der Waals surface area contributed by atoms with Gasteiger partial charge in [-0.1, -0.05) is 53.7 Å². The minimum absolute atomic E-state index is 0.115. The van der Waals surface area contributed by atoms with E-state index in [-0.39, 0.29) is 17.0 Å². The topological polar surface area (TPSA) is 97.6 Å². The normalized spacial score (nSPS) is 11.0. The van der Waals surface area contributed by atoms with E-state index in [2.05, 4.69) is 25.1 Å². The standard InChI is InChI=1S/C21H13N5O2/c27-20-16(12-23-18(24-20)13-6-2-1-3-7-13)21-25-19(26-28-21)15-10-11-22-17-9-5-4-8-14(15)17/h1-12H,(H,23,24,27). The van der Waals surface area contributed by atoms with E-state index >= 15 is 0 Å². The molecule has 0 fully saturated rings. The summed E-state index contributed by atoms with van der Waals surface area (Å²) < 4.78 is 5.34. The summed E-state index contributed by atoms with van der Waals surface area (Å²) in [6.45, 7) is 0. The number of aromatic amines is 1. The summed E-state index contributed by atoms with van der Waals surface area (Å²) in [5.41, 5.74) is 2.31. The van der Waals surface area contributed by atoms with Crippen molar-refractivity contribution in [1.29, 1.82) is 0 Å². The number of pyridine rings is 1. The van der Waals surface area contributed by atoms with Crippen LogP contribution in [-0.2, 0) is 0 Å². The lowest BCUT2D eigenvalue weighted by Gasteiger charge is -2.01. The molecule has 0 spiro atoms. The van der Waals surface area contributed by atoms with Gasteiger partial charge in [0.25, 0.3) is 11.4 Å². The predicted octanol–water partition coefficient (Wildman–Crippen LogP) is 3.70. The first-order valence-corrected chi connectivity index (χ1v) is 8.62. The Morgan fingerprint density at radius 2 is 1.68 bits per heavy atom. The summed E-state index contributed by atoms with van der Waals surface area (Å²) in [5, 5.41) is 4.95. The molecule has 3 heterocycles. The maximum absolute atomic E-state index is 12.5. The highest BCUT2D eigenvalue weighted by Crippen LogP contribution is 2.26. The molecule has 7 heteroatoms. The Morgan fingerprint density at radius 1 is 0.857 bits per heavy atom. The highest BCUT2D eigenvalue weighted by molar-refractivity contribution is 5.92. The number of fused-ring (bicyclic) bond motifs is 1. The molecule has 28 heavy (non-hydrogen) atoms. The molecular weight excluding hydrogens is 354 g/mol. The Morgan fingerprint density at radius 3 is 2.54 bits per heavy atom. The number of benzene rings is 2. The van der Waals surface area contributed by atoms with Crippen LogP contribution in [0.25, 0.3) is 45.1 Å². The molecular formula is C21H13N5O2. The minimum Gasteiger partial charge on any atom is -0.333 e. The zero-order valence-electron chi connectivity index (χ0n) is 14.5. The zero-order valence-corrected chi connectivity index (χ0v) is 14.5. The highest BCUT2D eigenvalue weighted by atomic mass is 16.5. The van der Waals surface area contributed by atoms with E-state index in [4.69, 9.17) is 4.52 Å². The second kappa shape index (κ2) is 6.55. The van der Waals surface area contributed by atoms with Crippen LogP contribution in [-0.4, -0.2) is 25.1 Å². The maximum atomic E-state index is 12.5. The lowest BCUT2D eigenvalue weighted by Crippen LogP contribution is -2.11. The fourth-order valence-corrected chi connectivity index (χ4v) is 3.02. The monoisotopic (exact) mass is 367 g/mol. The van der Waals surface area contributed by atoms with Crippen LogP contribution < -0.4 is 5.56 Å². The summed E-state index contributed by atoms with van der Waals surface area (Å²) in [4.78, 5) is 28.4. The van der Waals surface area contributed by atoms with Gasteiger partial charge >= 0.3 is 0 Å². The molecule has 0 amide bonds. The van der Waals surface area contributed by atoms with E-state index in [0.717, 1.165) is 22.0 Å². The van der Waals surface area contributed by atoms with E-state index in [9.17, 15) is 4.79 Å². The SMILES string of the molecule is O=c1[nH]c(-c2ccccc2)ncc1-c1nc(-c2ccnc3ccccc23)no1. The van der Waals surface area contributed by atoms with E-state index < -0.39 is 0 Å². The molecule has 5 rings (SSSR count). The fourth-order valence-electron chi connectivity index (χ4n) is 3.02. The number of hydrogen-bond acceptors (Lipinski definition) is 6. The Hall–Kier alpha value is -4.13. The largest absolute Gasteiger partial charge is 0.333 e. The van der Waals surface area contributed by atoms with Gasteiger partial charge in [0.1, 0.15) is 11.4 Å². The zero-order chi connectivity index (χ0) is 18.9. The Labute approximate surface area is 158 Å². The summed E-state index contributed by atoms with van der Waals surface area (Å²) in [7, 11) is 0. The molecule has 0 saturated carbocycles. The van der Waals surface area contributed by atoms with Crippen LogP contribution >= 0.6 is 0 Å². The van der Waals surface area contributed by atoms with Gasteiger partial charge in [0.2, 0.25) is 5.82 Å². The van der Waals surface area contributed by atoms with Crippen LogP contribution in [0, 0.1) is 0 Å².